The van der Waals surface area contributed by atoms with E-state index in [0.717, 1.165) is 35.8 Å². The summed E-state index contributed by atoms with van der Waals surface area (Å²) in [5.41, 5.74) is 2.13. The van der Waals surface area contributed by atoms with Crippen molar-refractivity contribution in [1.29, 1.82) is 0 Å². The molecule has 8 nitrogen and oxygen atoms in total. The Bertz CT molecular complexity index is 1030. The third kappa shape index (κ3) is 4.70. The molecule has 1 fully saturated rings. The number of rotatable bonds is 6. The Kier molecular flexibility index (Phi) is 6.12. The van der Waals surface area contributed by atoms with Gasteiger partial charge < -0.3 is 4.74 Å². The van der Waals surface area contributed by atoms with Gasteiger partial charge in [0.15, 0.2) is 5.13 Å². The number of amides is 1. The Morgan fingerprint density at radius 1 is 1.13 bits per heavy atom. The second-order valence-corrected chi connectivity index (χ2v) is 7.89. The van der Waals surface area contributed by atoms with Crippen LogP contribution in [0.15, 0.2) is 54.6 Å². The van der Waals surface area contributed by atoms with Gasteiger partial charge in [-0.1, -0.05) is 41.7 Å². The maximum atomic E-state index is 12.6. The molecule has 1 aromatic heterocycles. The molecule has 0 aliphatic carbocycles. The number of thiazole rings is 1. The van der Waals surface area contributed by atoms with E-state index in [-0.39, 0.29) is 11.6 Å². The largest absolute Gasteiger partial charge is 0.379 e. The highest BCUT2D eigenvalue weighted by Crippen LogP contribution is 2.32. The molecule has 2 aromatic carbocycles. The summed E-state index contributed by atoms with van der Waals surface area (Å²) in [6.07, 6.45) is 0. The van der Waals surface area contributed by atoms with Crippen molar-refractivity contribution in [1.82, 2.24) is 9.88 Å². The molecule has 1 saturated heterocycles. The molecule has 0 spiro atoms. The highest BCUT2D eigenvalue weighted by atomic mass is 32.1. The van der Waals surface area contributed by atoms with Crippen molar-refractivity contribution in [3.8, 4) is 11.3 Å². The summed E-state index contributed by atoms with van der Waals surface area (Å²) < 4.78 is 5.43. The first-order valence-corrected chi connectivity index (χ1v) is 10.3. The number of anilines is 1. The van der Waals surface area contributed by atoms with Gasteiger partial charge in [-0.15, -0.1) is 0 Å². The van der Waals surface area contributed by atoms with Crippen LogP contribution in [-0.4, -0.2) is 47.0 Å². The topological polar surface area (TPSA) is 97.6 Å². The SMILES string of the molecule is O=C(Nc1nc(-c2ccccc2)c(CN2CCOCC2)s1)c1ccc([N+](=O)[O-])cc1. The van der Waals surface area contributed by atoms with E-state index in [9.17, 15) is 14.9 Å². The molecule has 1 aliphatic rings. The number of aromatic nitrogens is 1. The normalized spacial score (nSPS) is 14.4. The number of morpholine rings is 1. The first kappa shape index (κ1) is 20.1. The predicted octanol–water partition coefficient (Wildman–Crippen LogP) is 3.80. The van der Waals surface area contributed by atoms with Gasteiger partial charge in [0.05, 0.1) is 23.8 Å². The number of nitrogens with one attached hydrogen (secondary N) is 1. The first-order valence-electron chi connectivity index (χ1n) is 9.51. The summed E-state index contributed by atoms with van der Waals surface area (Å²) in [5, 5.41) is 14.1. The van der Waals surface area contributed by atoms with E-state index in [4.69, 9.17) is 4.74 Å². The molecular formula is C21H20N4O4S. The van der Waals surface area contributed by atoms with Gasteiger partial charge in [-0.3, -0.25) is 25.1 Å². The van der Waals surface area contributed by atoms with Gasteiger partial charge in [-0.2, -0.15) is 0 Å². The highest BCUT2D eigenvalue weighted by molar-refractivity contribution is 7.16. The summed E-state index contributed by atoms with van der Waals surface area (Å²) >= 11 is 1.45. The third-order valence-electron chi connectivity index (χ3n) is 4.78. The number of nitrogens with zero attached hydrogens (tertiary/aromatic N) is 3. The molecular weight excluding hydrogens is 404 g/mol. The van der Waals surface area contributed by atoms with Crippen LogP contribution in [0.3, 0.4) is 0 Å². The number of hydrogen-bond acceptors (Lipinski definition) is 7. The maximum Gasteiger partial charge on any atom is 0.269 e. The lowest BCUT2D eigenvalue weighted by Gasteiger charge is -2.26. The van der Waals surface area contributed by atoms with Crippen molar-refractivity contribution >= 4 is 28.1 Å². The number of hydrogen-bond donors (Lipinski definition) is 1. The van der Waals surface area contributed by atoms with E-state index in [2.05, 4.69) is 15.2 Å². The molecule has 0 radical (unpaired) electrons. The fraction of sp³-hybridized carbons (Fsp3) is 0.238. The first-order chi connectivity index (χ1) is 14.6. The van der Waals surface area contributed by atoms with Crippen molar-refractivity contribution in [2.45, 2.75) is 6.54 Å². The van der Waals surface area contributed by atoms with Gasteiger partial charge in [0, 0.05) is 47.8 Å². The Morgan fingerprint density at radius 2 is 1.83 bits per heavy atom. The van der Waals surface area contributed by atoms with E-state index >= 15 is 0 Å². The number of carbonyl (C=O) groups is 1. The fourth-order valence-corrected chi connectivity index (χ4v) is 4.22. The molecule has 9 heteroatoms. The quantitative estimate of drug-likeness (QED) is 0.477. The molecule has 2 heterocycles. The highest BCUT2D eigenvalue weighted by Gasteiger charge is 2.19. The van der Waals surface area contributed by atoms with Crippen LogP contribution in [0.4, 0.5) is 10.8 Å². The van der Waals surface area contributed by atoms with Crippen LogP contribution >= 0.6 is 11.3 Å². The maximum absolute atomic E-state index is 12.6. The fourth-order valence-electron chi connectivity index (χ4n) is 3.20. The minimum absolute atomic E-state index is 0.0556. The van der Waals surface area contributed by atoms with Gasteiger partial charge in [0.2, 0.25) is 0 Å². The molecule has 1 N–H and O–H groups in total. The zero-order valence-electron chi connectivity index (χ0n) is 16.1. The zero-order valence-corrected chi connectivity index (χ0v) is 16.9. The molecule has 0 atom stereocenters. The monoisotopic (exact) mass is 424 g/mol. The molecule has 30 heavy (non-hydrogen) atoms. The van der Waals surface area contributed by atoms with Crippen molar-refractivity contribution in [2.75, 3.05) is 31.6 Å². The second-order valence-electron chi connectivity index (χ2n) is 6.80. The summed E-state index contributed by atoms with van der Waals surface area (Å²) in [7, 11) is 0. The lowest BCUT2D eigenvalue weighted by Crippen LogP contribution is -2.35. The molecule has 4 rings (SSSR count). The van der Waals surface area contributed by atoms with Crippen molar-refractivity contribution < 1.29 is 14.5 Å². The minimum Gasteiger partial charge on any atom is -0.379 e. The minimum atomic E-state index is -0.493. The van der Waals surface area contributed by atoms with E-state index in [1.54, 1.807) is 0 Å². The van der Waals surface area contributed by atoms with Crippen LogP contribution in [0.5, 0.6) is 0 Å². The average molecular weight is 424 g/mol. The van der Waals surface area contributed by atoms with Crippen LogP contribution in [0.1, 0.15) is 15.2 Å². The van der Waals surface area contributed by atoms with Gasteiger partial charge in [0.1, 0.15) is 0 Å². The number of nitro groups is 1. The van der Waals surface area contributed by atoms with Gasteiger partial charge in [-0.05, 0) is 12.1 Å². The smallest absolute Gasteiger partial charge is 0.269 e. The number of carbonyl (C=O) groups excluding carboxylic acids is 1. The van der Waals surface area contributed by atoms with Crippen molar-refractivity contribution in [2.24, 2.45) is 0 Å². The zero-order chi connectivity index (χ0) is 20.9. The van der Waals surface area contributed by atoms with Crippen LogP contribution in [0, 0.1) is 10.1 Å². The number of nitro benzene ring substituents is 1. The van der Waals surface area contributed by atoms with Gasteiger partial charge in [0.25, 0.3) is 11.6 Å². The molecule has 1 amide bonds. The van der Waals surface area contributed by atoms with E-state index < -0.39 is 4.92 Å². The number of non-ortho nitro benzene ring substituents is 1. The molecule has 0 saturated carbocycles. The molecule has 0 unspecified atom stereocenters. The summed E-state index contributed by atoms with van der Waals surface area (Å²) in [4.78, 5) is 31.0. The van der Waals surface area contributed by atoms with Crippen molar-refractivity contribution in [3.63, 3.8) is 0 Å². The van der Waals surface area contributed by atoms with Crippen molar-refractivity contribution in [3.05, 3.63) is 75.2 Å². The summed E-state index contributed by atoms with van der Waals surface area (Å²) in [6, 6.07) is 15.4. The predicted molar refractivity (Wildman–Crippen MR) is 115 cm³/mol. The van der Waals surface area contributed by atoms with Gasteiger partial charge in [-0.25, -0.2) is 4.98 Å². The van der Waals surface area contributed by atoms with Gasteiger partial charge >= 0.3 is 0 Å². The molecule has 1 aliphatic heterocycles. The van der Waals surface area contributed by atoms with E-state index in [1.165, 1.54) is 35.6 Å². The van der Waals surface area contributed by atoms with Crippen LogP contribution in [0.2, 0.25) is 0 Å². The van der Waals surface area contributed by atoms with Crippen LogP contribution in [0.25, 0.3) is 11.3 Å². The van der Waals surface area contributed by atoms with Crippen LogP contribution < -0.4 is 5.32 Å². The molecule has 0 bridgehead atoms. The lowest BCUT2D eigenvalue weighted by molar-refractivity contribution is -0.384. The Hall–Kier alpha value is -3.14. The lowest BCUT2D eigenvalue weighted by atomic mass is 10.1. The van der Waals surface area contributed by atoms with E-state index in [1.807, 2.05) is 30.3 Å². The molecule has 3 aromatic rings. The summed E-state index contributed by atoms with van der Waals surface area (Å²) in [6.45, 7) is 3.87. The molecule has 154 valence electrons. The standard InChI is InChI=1S/C21H20N4O4S/c26-20(16-6-8-17(9-7-16)25(27)28)23-21-22-19(15-4-2-1-3-5-15)18(30-21)14-24-10-12-29-13-11-24/h1-9H,10-14H2,(H,22,23,26). The summed E-state index contributed by atoms with van der Waals surface area (Å²) in [5.74, 6) is -0.351. The Morgan fingerprint density at radius 3 is 2.50 bits per heavy atom. The average Bonchev–Trinajstić information content (AvgIpc) is 3.17. The Balaban J connectivity index is 1.56. The Labute approximate surface area is 177 Å². The third-order valence-corrected chi connectivity index (χ3v) is 5.73. The number of ether oxygens (including phenoxy) is 1. The second kappa shape index (κ2) is 9.12. The number of benzene rings is 2. The van der Waals surface area contributed by atoms with Crippen LogP contribution in [-0.2, 0) is 11.3 Å². The van der Waals surface area contributed by atoms with E-state index in [0.29, 0.717) is 23.9 Å².